The number of phenolic OH excluding ortho intramolecular Hbond substituents is 1. The number of fused-ring (bicyclic) bond motifs is 1. The SMILES string of the molecule is Cc1c(F)c(F)c(F)c(F)c1S(=O)(=O)Nc1nc(=O)n(-c2ccccc2C(C)C)c2cc(-c3c(O)cccc3F)c(Cl)cc12. The van der Waals surface area contributed by atoms with Crippen LogP contribution in [0.25, 0.3) is 27.7 Å². The lowest BCUT2D eigenvalue weighted by Gasteiger charge is -2.20. The summed E-state index contributed by atoms with van der Waals surface area (Å²) in [5.74, 6) is -10.9. The van der Waals surface area contributed by atoms with Crippen molar-refractivity contribution in [3.63, 3.8) is 0 Å². The first-order valence-electron chi connectivity index (χ1n) is 12.8. The molecule has 0 fully saturated rings. The molecule has 0 saturated carbocycles. The van der Waals surface area contributed by atoms with Gasteiger partial charge in [-0.05, 0) is 48.7 Å². The van der Waals surface area contributed by atoms with Gasteiger partial charge in [-0.15, -0.1) is 0 Å². The second kappa shape index (κ2) is 11.2. The van der Waals surface area contributed by atoms with Crippen molar-refractivity contribution in [2.75, 3.05) is 4.72 Å². The minimum Gasteiger partial charge on any atom is -0.507 e. The first-order valence-corrected chi connectivity index (χ1v) is 14.7. The minimum absolute atomic E-state index is 0.0745. The van der Waals surface area contributed by atoms with Crippen LogP contribution in [-0.2, 0) is 10.0 Å². The van der Waals surface area contributed by atoms with Crippen LogP contribution in [0.1, 0.15) is 30.9 Å². The third kappa shape index (κ3) is 5.05. The topological polar surface area (TPSA) is 101 Å². The predicted molar refractivity (Wildman–Crippen MR) is 155 cm³/mol. The van der Waals surface area contributed by atoms with Gasteiger partial charge in [-0.2, -0.15) is 4.98 Å². The van der Waals surface area contributed by atoms with Gasteiger partial charge in [-0.25, -0.2) is 35.2 Å². The predicted octanol–water partition coefficient (Wildman–Crippen LogP) is 7.34. The second-order valence-corrected chi connectivity index (χ2v) is 12.1. The van der Waals surface area contributed by atoms with Crippen molar-refractivity contribution >= 4 is 38.3 Å². The van der Waals surface area contributed by atoms with E-state index >= 15 is 0 Å². The number of rotatable bonds is 6. The zero-order valence-electron chi connectivity index (χ0n) is 23.0. The first kappa shape index (κ1) is 31.0. The average Bonchev–Trinajstić information content (AvgIpc) is 2.95. The minimum atomic E-state index is -5.26. The summed E-state index contributed by atoms with van der Waals surface area (Å²) in [6.45, 7) is 4.45. The number of benzene rings is 4. The first-order chi connectivity index (χ1) is 20.7. The van der Waals surface area contributed by atoms with Crippen LogP contribution >= 0.6 is 11.6 Å². The number of phenols is 1. The van der Waals surface area contributed by atoms with Crippen molar-refractivity contribution in [1.29, 1.82) is 0 Å². The molecule has 228 valence electrons. The number of para-hydroxylation sites is 1. The molecule has 44 heavy (non-hydrogen) atoms. The number of sulfonamides is 1. The van der Waals surface area contributed by atoms with Gasteiger partial charge in [0, 0.05) is 21.5 Å². The van der Waals surface area contributed by atoms with E-state index in [-0.39, 0.29) is 33.0 Å². The van der Waals surface area contributed by atoms with Crippen molar-refractivity contribution in [2.24, 2.45) is 0 Å². The summed E-state index contributed by atoms with van der Waals surface area (Å²) in [4.78, 5) is 15.9. The summed E-state index contributed by atoms with van der Waals surface area (Å²) >= 11 is 6.50. The lowest BCUT2D eigenvalue weighted by Crippen LogP contribution is -2.27. The van der Waals surface area contributed by atoms with E-state index in [1.807, 2.05) is 18.6 Å². The molecular weight excluding hydrogens is 629 g/mol. The molecule has 5 aromatic rings. The third-order valence-electron chi connectivity index (χ3n) is 6.99. The molecule has 4 aromatic carbocycles. The Morgan fingerprint density at radius 2 is 1.59 bits per heavy atom. The Hall–Kier alpha value is -4.49. The van der Waals surface area contributed by atoms with Crippen LogP contribution in [-0.4, -0.2) is 23.1 Å². The number of anilines is 1. The highest BCUT2D eigenvalue weighted by atomic mass is 35.5. The van der Waals surface area contributed by atoms with Crippen molar-refractivity contribution in [1.82, 2.24) is 9.55 Å². The molecule has 0 atom stereocenters. The van der Waals surface area contributed by atoms with E-state index in [0.29, 0.717) is 11.3 Å². The van der Waals surface area contributed by atoms with Gasteiger partial charge in [-0.1, -0.05) is 49.7 Å². The number of hydrogen-bond donors (Lipinski definition) is 2. The van der Waals surface area contributed by atoms with E-state index in [0.717, 1.165) is 23.6 Å². The summed E-state index contributed by atoms with van der Waals surface area (Å²) in [5, 5.41) is 10.1. The van der Waals surface area contributed by atoms with Crippen LogP contribution < -0.4 is 10.4 Å². The van der Waals surface area contributed by atoms with Gasteiger partial charge in [0.05, 0.1) is 16.8 Å². The van der Waals surface area contributed by atoms with Crippen molar-refractivity contribution in [3.05, 3.63) is 110 Å². The maximum atomic E-state index is 14.9. The highest BCUT2D eigenvalue weighted by Gasteiger charge is 2.32. The highest BCUT2D eigenvalue weighted by Crippen LogP contribution is 2.40. The summed E-state index contributed by atoms with van der Waals surface area (Å²) < 4.78 is 101. The van der Waals surface area contributed by atoms with E-state index in [4.69, 9.17) is 11.6 Å². The number of nitrogens with zero attached hydrogens (tertiary/aromatic N) is 2. The molecule has 7 nitrogen and oxygen atoms in total. The molecule has 14 heteroatoms. The molecule has 2 N–H and O–H groups in total. The standard InChI is InChI=1S/C30H21ClF5N3O4S/c1-13(2)15-7-4-5-9-20(15)39-21-12-16(23-19(32)8-6-10-22(23)40)18(31)11-17(21)29(37-30(39)41)38-44(42,43)28-14(3)24(33)25(34)26(35)27(28)36/h4-13,40H,1-3H3,(H,37,38,41). The van der Waals surface area contributed by atoms with Gasteiger partial charge < -0.3 is 5.11 Å². The quantitative estimate of drug-likeness (QED) is 0.114. The monoisotopic (exact) mass is 649 g/mol. The molecule has 0 spiro atoms. The average molecular weight is 650 g/mol. The van der Waals surface area contributed by atoms with Gasteiger partial charge >= 0.3 is 5.69 Å². The highest BCUT2D eigenvalue weighted by molar-refractivity contribution is 7.92. The zero-order valence-corrected chi connectivity index (χ0v) is 24.6. The molecule has 0 amide bonds. The number of aromatic hydroxyl groups is 1. The van der Waals surface area contributed by atoms with Gasteiger partial charge in [0.25, 0.3) is 10.0 Å². The molecule has 1 aromatic heterocycles. The lowest BCUT2D eigenvalue weighted by atomic mass is 9.99. The Kier molecular flexibility index (Phi) is 7.89. The number of aromatic nitrogens is 2. The Balaban J connectivity index is 1.86. The third-order valence-corrected chi connectivity index (χ3v) is 8.79. The summed E-state index contributed by atoms with van der Waals surface area (Å²) in [6, 6.07) is 12.6. The molecule has 1 heterocycles. The van der Waals surface area contributed by atoms with Crippen LogP contribution in [0.2, 0.25) is 5.02 Å². The van der Waals surface area contributed by atoms with E-state index < -0.39 is 66.8 Å². The fourth-order valence-electron chi connectivity index (χ4n) is 4.93. The number of halogens is 6. The van der Waals surface area contributed by atoms with Crippen LogP contribution in [0.5, 0.6) is 5.75 Å². The number of hydrogen-bond acceptors (Lipinski definition) is 5. The molecule has 5 rings (SSSR count). The summed E-state index contributed by atoms with van der Waals surface area (Å²) in [7, 11) is -5.26. The van der Waals surface area contributed by atoms with E-state index in [2.05, 4.69) is 4.98 Å². The van der Waals surface area contributed by atoms with Crippen LogP contribution in [0.4, 0.5) is 27.8 Å². The summed E-state index contributed by atoms with van der Waals surface area (Å²) in [5.41, 5.74) is -1.58. The molecule has 0 saturated heterocycles. The Bertz CT molecular complexity index is 2120. The van der Waals surface area contributed by atoms with E-state index in [9.17, 15) is 40.3 Å². The largest absolute Gasteiger partial charge is 0.507 e. The molecule has 0 unspecified atom stereocenters. The molecule has 0 aliphatic heterocycles. The van der Waals surface area contributed by atoms with Gasteiger partial charge in [0.1, 0.15) is 16.5 Å². The van der Waals surface area contributed by atoms with Gasteiger partial charge in [-0.3, -0.25) is 9.29 Å². The van der Waals surface area contributed by atoms with Gasteiger partial charge in [0.15, 0.2) is 29.1 Å². The normalized spacial score (nSPS) is 11.9. The second-order valence-electron chi connectivity index (χ2n) is 10.1. The molecular formula is C30H21ClF5N3O4S. The molecule has 0 radical (unpaired) electrons. The van der Waals surface area contributed by atoms with Crippen molar-refractivity contribution < 1.29 is 35.5 Å². The van der Waals surface area contributed by atoms with E-state index in [1.54, 1.807) is 24.3 Å². The number of nitrogens with one attached hydrogen (secondary N) is 1. The maximum absolute atomic E-state index is 14.9. The molecule has 0 bridgehead atoms. The fraction of sp³-hybridized carbons (Fsp3) is 0.133. The van der Waals surface area contributed by atoms with E-state index in [1.165, 1.54) is 18.2 Å². The summed E-state index contributed by atoms with van der Waals surface area (Å²) in [6.07, 6.45) is 0. The Morgan fingerprint density at radius 1 is 0.932 bits per heavy atom. The molecule has 0 aliphatic rings. The van der Waals surface area contributed by atoms with Crippen LogP contribution in [0.15, 0.2) is 64.3 Å². The fourth-order valence-corrected chi connectivity index (χ4v) is 6.51. The van der Waals surface area contributed by atoms with Crippen LogP contribution in [0.3, 0.4) is 0 Å². The maximum Gasteiger partial charge on any atom is 0.354 e. The van der Waals surface area contributed by atoms with Crippen LogP contribution in [0, 0.1) is 36.0 Å². The Morgan fingerprint density at radius 3 is 2.25 bits per heavy atom. The smallest absolute Gasteiger partial charge is 0.354 e. The van der Waals surface area contributed by atoms with Crippen molar-refractivity contribution in [2.45, 2.75) is 31.6 Å². The van der Waals surface area contributed by atoms with Gasteiger partial charge in [0.2, 0.25) is 0 Å². The lowest BCUT2D eigenvalue weighted by molar-refractivity contribution is 0.392. The Labute approximate surface area is 252 Å². The zero-order chi connectivity index (χ0) is 32.2. The van der Waals surface area contributed by atoms with Crippen molar-refractivity contribution in [3.8, 4) is 22.6 Å². The molecule has 0 aliphatic carbocycles.